The van der Waals surface area contributed by atoms with Gasteiger partial charge in [0.15, 0.2) is 0 Å². The molecule has 0 spiro atoms. The summed E-state index contributed by atoms with van der Waals surface area (Å²) in [6.07, 6.45) is 2.40. The maximum atomic E-state index is 14.0. The molecule has 21 heavy (non-hydrogen) atoms. The first kappa shape index (κ1) is 16.4. The smallest absolute Gasteiger partial charge is 0.128 e. The molecule has 0 bridgehead atoms. The molecule has 1 saturated heterocycles. The molecular weight excluding hydrogens is 270 g/mol. The molecule has 2 rings (SSSR count). The molecule has 1 heterocycles. The quantitative estimate of drug-likeness (QED) is 0.890. The molecule has 0 amide bonds. The molecule has 0 radical (unpaired) electrons. The summed E-state index contributed by atoms with van der Waals surface area (Å²) in [5.74, 6) is -0.113. The minimum absolute atomic E-state index is 0.123. The van der Waals surface area contributed by atoms with Crippen LogP contribution in [0.1, 0.15) is 45.2 Å². The fourth-order valence-corrected chi connectivity index (χ4v) is 3.21. The molecule has 1 aliphatic heterocycles. The average molecular weight is 296 g/mol. The van der Waals surface area contributed by atoms with Gasteiger partial charge in [-0.15, -0.1) is 0 Å². The number of hydrogen-bond acceptors (Lipinski definition) is 2. The van der Waals surface area contributed by atoms with Gasteiger partial charge in [-0.3, -0.25) is 4.90 Å². The van der Waals surface area contributed by atoms with Gasteiger partial charge in [-0.1, -0.05) is 0 Å². The molecule has 1 fully saturated rings. The van der Waals surface area contributed by atoms with E-state index in [1.807, 2.05) is 6.92 Å². The lowest BCUT2D eigenvalue weighted by Crippen LogP contribution is -2.42. The van der Waals surface area contributed by atoms with Crippen LogP contribution in [-0.4, -0.2) is 30.6 Å². The zero-order valence-corrected chi connectivity index (χ0v) is 13.2. The molecule has 1 aromatic carbocycles. The Labute approximate surface area is 126 Å². The van der Waals surface area contributed by atoms with Gasteiger partial charge >= 0.3 is 0 Å². The van der Waals surface area contributed by atoms with E-state index in [2.05, 4.69) is 24.1 Å². The fraction of sp³-hybridized carbons (Fsp3) is 0.647. The number of benzene rings is 1. The monoisotopic (exact) mass is 296 g/mol. The van der Waals surface area contributed by atoms with Crippen LogP contribution >= 0.6 is 0 Å². The van der Waals surface area contributed by atoms with Crippen LogP contribution < -0.4 is 5.32 Å². The molecule has 2 atom stereocenters. The van der Waals surface area contributed by atoms with E-state index in [0.29, 0.717) is 17.5 Å². The number of rotatable bonds is 5. The Morgan fingerprint density at radius 3 is 2.67 bits per heavy atom. The normalized spacial score (nSPS) is 21.0. The van der Waals surface area contributed by atoms with Gasteiger partial charge in [0.25, 0.3) is 0 Å². The predicted octanol–water partition coefficient (Wildman–Crippen LogP) is 3.74. The summed E-state index contributed by atoms with van der Waals surface area (Å²) in [5, 5.41) is 3.42. The minimum atomic E-state index is -0.374. The lowest BCUT2D eigenvalue weighted by molar-refractivity contribution is 0.124. The van der Waals surface area contributed by atoms with E-state index >= 15 is 0 Å². The van der Waals surface area contributed by atoms with Crippen molar-refractivity contribution in [3.05, 3.63) is 35.4 Å². The molecule has 4 heteroatoms. The van der Waals surface area contributed by atoms with Gasteiger partial charge < -0.3 is 5.32 Å². The van der Waals surface area contributed by atoms with Crippen LogP contribution in [0.3, 0.4) is 0 Å². The first-order valence-corrected chi connectivity index (χ1v) is 7.90. The minimum Gasteiger partial charge on any atom is -0.316 e. The van der Waals surface area contributed by atoms with Crippen LogP contribution in [0.4, 0.5) is 8.78 Å². The van der Waals surface area contributed by atoms with E-state index in [0.717, 1.165) is 19.6 Å². The Balaban J connectivity index is 2.14. The molecule has 0 saturated carbocycles. The summed E-state index contributed by atoms with van der Waals surface area (Å²) < 4.78 is 27.5. The number of halogens is 2. The Bertz CT molecular complexity index is 456. The highest BCUT2D eigenvalue weighted by molar-refractivity contribution is 5.22. The van der Waals surface area contributed by atoms with Crippen molar-refractivity contribution in [2.45, 2.75) is 45.7 Å². The molecule has 1 aromatic rings. The van der Waals surface area contributed by atoms with Gasteiger partial charge in [0.1, 0.15) is 11.6 Å². The number of nitrogens with zero attached hydrogens (tertiary/aromatic N) is 1. The molecule has 2 unspecified atom stereocenters. The van der Waals surface area contributed by atoms with Gasteiger partial charge in [0, 0.05) is 24.2 Å². The Morgan fingerprint density at radius 1 is 1.29 bits per heavy atom. The van der Waals surface area contributed by atoms with Crippen molar-refractivity contribution in [3.8, 4) is 0 Å². The van der Waals surface area contributed by atoms with Crippen molar-refractivity contribution in [2.75, 3.05) is 19.6 Å². The van der Waals surface area contributed by atoms with E-state index in [4.69, 9.17) is 0 Å². The third-order valence-corrected chi connectivity index (χ3v) is 4.44. The summed E-state index contributed by atoms with van der Waals surface area (Å²) >= 11 is 0. The van der Waals surface area contributed by atoms with Gasteiger partial charge in [0.05, 0.1) is 0 Å². The van der Waals surface area contributed by atoms with Crippen LogP contribution in [0.5, 0.6) is 0 Å². The maximum absolute atomic E-state index is 14.0. The van der Waals surface area contributed by atoms with Crippen LogP contribution in [0, 0.1) is 17.6 Å². The van der Waals surface area contributed by atoms with Gasteiger partial charge in [-0.25, -0.2) is 8.78 Å². The summed E-state index contributed by atoms with van der Waals surface area (Å²) in [6, 6.07) is 3.90. The number of piperidine rings is 1. The van der Waals surface area contributed by atoms with E-state index in [1.54, 1.807) is 0 Å². The average Bonchev–Trinajstić information content (AvgIpc) is 2.47. The molecule has 0 aromatic heterocycles. The highest BCUT2D eigenvalue weighted by Crippen LogP contribution is 2.27. The van der Waals surface area contributed by atoms with Crippen LogP contribution in [0.25, 0.3) is 0 Å². The van der Waals surface area contributed by atoms with Crippen LogP contribution in [0.15, 0.2) is 18.2 Å². The first-order chi connectivity index (χ1) is 9.99. The van der Waals surface area contributed by atoms with E-state index in [9.17, 15) is 8.78 Å². The molecule has 2 nitrogen and oxygen atoms in total. The highest BCUT2D eigenvalue weighted by Gasteiger charge is 2.25. The topological polar surface area (TPSA) is 15.3 Å². The van der Waals surface area contributed by atoms with Crippen molar-refractivity contribution in [1.82, 2.24) is 10.2 Å². The Kier molecular flexibility index (Phi) is 5.71. The Morgan fingerprint density at radius 2 is 2.05 bits per heavy atom. The summed E-state index contributed by atoms with van der Waals surface area (Å²) in [4.78, 5) is 2.27. The summed E-state index contributed by atoms with van der Waals surface area (Å²) in [7, 11) is 0. The molecule has 0 aliphatic carbocycles. The second-order valence-corrected chi connectivity index (χ2v) is 6.34. The molecule has 1 N–H and O–H groups in total. The van der Waals surface area contributed by atoms with Crippen molar-refractivity contribution in [1.29, 1.82) is 0 Å². The number of nitrogens with one attached hydrogen (secondary N) is 1. The summed E-state index contributed by atoms with van der Waals surface area (Å²) in [5.41, 5.74) is 0.451. The highest BCUT2D eigenvalue weighted by atomic mass is 19.1. The van der Waals surface area contributed by atoms with Gasteiger partial charge in [0.2, 0.25) is 0 Å². The van der Waals surface area contributed by atoms with Crippen molar-refractivity contribution in [2.24, 2.45) is 5.92 Å². The number of hydrogen-bond donors (Lipinski definition) is 1. The lowest BCUT2D eigenvalue weighted by atomic mass is 9.96. The van der Waals surface area contributed by atoms with E-state index < -0.39 is 0 Å². The first-order valence-electron chi connectivity index (χ1n) is 7.90. The van der Waals surface area contributed by atoms with E-state index in [-0.39, 0.29) is 17.7 Å². The fourth-order valence-electron chi connectivity index (χ4n) is 3.21. The van der Waals surface area contributed by atoms with E-state index in [1.165, 1.54) is 31.0 Å². The van der Waals surface area contributed by atoms with Crippen molar-refractivity contribution >= 4 is 0 Å². The summed E-state index contributed by atoms with van der Waals surface area (Å²) in [6.45, 7) is 9.22. The zero-order chi connectivity index (χ0) is 15.4. The zero-order valence-electron chi connectivity index (χ0n) is 13.2. The predicted molar refractivity (Wildman–Crippen MR) is 82.2 cm³/mol. The third kappa shape index (κ3) is 4.24. The largest absolute Gasteiger partial charge is 0.316 e. The molecular formula is C17H26F2N2. The second-order valence-electron chi connectivity index (χ2n) is 6.34. The molecule has 118 valence electrons. The van der Waals surface area contributed by atoms with Gasteiger partial charge in [-0.2, -0.15) is 0 Å². The Hall–Kier alpha value is -1.00. The standard InChI is InChI=1S/C17H26F2N2/c1-12(2)21(11-14-5-4-8-20-10-14)13(3)16-9-15(18)6-7-17(16)19/h6-7,9,12-14,20H,4-5,8,10-11H2,1-3H3. The lowest BCUT2D eigenvalue weighted by Gasteiger charge is -2.37. The van der Waals surface area contributed by atoms with Crippen molar-refractivity contribution < 1.29 is 8.78 Å². The van der Waals surface area contributed by atoms with Crippen LogP contribution in [-0.2, 0) is 0 Å². The van der Waals surface area contributed by atoms with Crippen LogP contribution in [0.2, 0.25) is 0 Å². The maximum Gasteiger partial charge on any atom is 0.128 e. The van der Waals surface area contributed by atoms with Crippen molar-refractivity contribution in [3.63, 3.8) is 0 Å². The molecule has 1 aliphatic rings. The second kappa shape index (κ2) is 7.32. The SMILES string of the molecule is CC(C)N(CC1CCCNC1)C(C)c1cc(F)ccc1F. The van der Waals surface area contributed by atoms with Gasteiger partial charge in [-0.05, 0) is 70.8 Å². The third-order valence-electron chi connectivity index (χ3n) is 4.44.